The molecule has 0 aliphatic carbocycles. The summed E-state index contributed by atoms with van der Waals surface area (Å²) in [6, 6.07) is 14.2. The average Bonchev–Trinajstić information content (AvgIpc) is 4.11. The summed E-state index contributed by atoms with van der Waals surface area (Å²) in [6.45, 7) is 9.41. The van der Waals surface area contributed by atoms with Crippen LogP contribution in [0.4, 0.5) is 9.59 Å². The maximum atomic E-state index is 13.9. The Hall–Kier alpha value is -5.71. The molecule has 4 N–H and O–H groups in total. The lowest BCUT2D eigenvalue weighted by molar-refractivity contribution is -0.136. The van der Waals surface area contributed by atoms with Crippen LogP contribution in [0, 0.1) is 11.8 Å². The van der Waals surface area contributed by atoms with Crippen LogP contribution in [0.3, 0.4) is 0 Å². The van der Waals surface area contributed by atoms with Gasteiger partial charge < -0.3 is 49.3 Å². The predicted molar refractivity (Wildman–Crippen MR) is 239 cm³/mol. The molecule has 17 heteroatoms. The van der Waals surface area contributed by atoms with Crippen molar-refractivity contribution >= 4 is 57.4 Å². The third kappa shape index (κ3) is 10.1. The molecule has 0 unspecified atom stereocenters. The number of fused-ring (bicyclic) bond motifs is 3. The van der Waals surface area contributed by atoms with Gasteiger partial charge in [-0.15, -0.1) is 0 Å². The van der Waals surface area contributed by atoms with Crippen molar-refractivity contribution < 1.29 is 38.1 Å². The number of carbonyl (C=O) groups is 4. The van der Waals surface area contributed by atoms with Gasteiger partial charge in [-0.2, -0.15) is 0 Å². The van der Waals surface area contributed by atoms with Crippen LogP contribution in [0.15, 0.2) is 54.7 Å². The fourth-order valence-electron chi connectivity index (χ4n) is 8.49. The number of benzene rings is 3. The molecule has 0 radical (unpaired) electrons. The standard InChI is InChI=1S/C46H57ClN8O8/c1-26(2)38(52-45(58)62-21-19-60-5)43(56)54-17-7-9-36(54)41-48-25-35(50-41)29-13-11-28(12-14-29)30-15-16-31-32(23-30)33(47)24-34-40(31)51-42(49-34)37-10-8-18-55(37)44(57)39(27(3)4)53-46(59)63-22-20-61-6/h11-16,23-27,36-39H,7-10,17-22H2,1-6H3,(H,48,50)(H,49,51)(H,52,58)(H,53,59)/t36-,37-,38-,39-/m0/s1. The number of aromatic amines is 2. The van der Waals surface area contributed by atoms with Crippen molar-refractivity contribution in [2.45, 2.75) is 77.5 Å². The first-order valence-electron chi connectivity index (χ1n) is 21.6. The number of amides is 4. The maximum absolute atomic E-state index is 13.9. The molecule has 0 bridgehead atoms. The third-order valence-electron chi connectivity index (χ3n) is 11.8. The van der Waals surface area contributed by atoms with Crippen LogP contribution in [0.1, 0.15) is 77.1 Å². The van der Waals surface area contributed by atoms with Gasteiger partial charge in [0.1, 0.15) is 36.9 Å². The van der Waals surface area contributed by atoms with E-state index in [1.807, 2.05) is 52.0 Å². The van der Waals surface area contributed by atoms with Crippen molar-refractivity contribution in [1.82, 2.24) is 40.4 Å². The number of nitrogens with one attached hydrogen (secondary N) is 4. The van der Waals surface area contributed by atoms with E-state index in [0.717, 1.165) is 69.9 Å². The number of nitrogens with zero attached hydrogens (tertiary/aromatic N) is 4. The summed E-state index contributed by atoms with van der Waals surface area (Å²) in [7, 11) is 3.05. The Morgan fingerprint density at radius 1 is 0.714 bits per heavy atom. The fourth-order valence-corrected chi connectivity index (χ4v) is 8.75. The van der Waals surface area contributed by atoms with Crippen LogP contribution in [0.5, 0.6) is 0 Å². The molecular formula is C46H57ClN8O8. The molecule has 16 nitrogen and oxygen atoms in total. The van der Waals surface area contributed by atoms with Gasteiger partial charge in [-0.3, -0.25) is 9.59 Å². The predicted octanol–water partition coefficient (Wildman–Crippen LogP) is 7.55. The minimum atomic E-state index is -0.761. The van der Waals surface area contributed by atoms with Gasteiger partial charge in [0.2, 0.25) is 11.8 Å². The molecule has 4 atom stereocenters. The average molecular weight is 885 g/mol. The second kappa shape index (κ2) is 20.2. The van der Waals surface area contributed by atoms with Gasteiger partial charge in [0, 0.05) is 38.1 Å². The normalized spacial score (nSPS) is 17.5. The van der Waals surface area contributed by atoms with Gasteiger partial charge in [0.25, 0.3) is 0 Å². The van der Waals surface area contributed by atoms with Gasteiger partial charge in [0.05, 0.1) is 53.2 Å². The van der Waals surface area contributed by atoms with Crippen molar-refractivity contribution in [3.05, 3.63) is 71.4 Å². The Morgan fingerprint density at radius 2 is 1.25 bits per heavy atom. The fraction of sp³-hybridized carbons (Fsp3) is 0.478. The summed E-state index contributed by atoms with van der Waals surface area (Å²) >= 11 is 6.95. The number of hydrogen-bond donors (Lipinski definition) is 4. The molecule has 2 aliphatic rings. The topological polar surface area (TPSA) is 193 Å². The highest BCUT2D eigenvalue weighted by atomic mass is 35.5. The zero-order valence-corrected chi connectivity index (χ0v) is 37.4. The van der Waals surface area contributed by atoms with E-state index in [1.165, 1.54) is 14.2 Å². The molecule has 2 saturated heterocycles. The van der Waals surface area contributed by atoms with Gasteiger partial charge in [-0.25, -0.2) is 19.6 Å². The van der Waals surface area contributed by atoms with E-state index < -0.39 is 24.3 Å². The van der Waals surface area contributed by atoms with Gasteiger partial charge in [-0.1, -0.05) is 75.7 Å². The van der Waals surface area contributed by atoms with Gasteiger partial charge in [-0.05, 0) is 66.3 Å². The number of ether oxygens (including phenoxy) is 4. The second-order valence-electron chi connectivity index (χ2n) is 16.8. The first kappa shape index (κ1) is 45.3. The Balaban J connectivity index is 1.05. The van der Waals surface area contributed by atoms with Crippen LogP contribution in [-0.4, -0.2) is 120 Å². The zero-order chi connectivity index (χ0) is 44.8. The molecule has 0 spiro atoms. The van der Waals surface area contributed by atoms with Crippen LogP contribution >= 0.6 is 11.6 Å². The lowest BCUT2D eigenvalue weighted by Gasteiger charge is -2.30. The van der Waals surface area contributed by atoms with E-state index in [-0.39, 0.29) is 62.2 Å². The molecule has 2 aliphatic heterocycles. The molecule has 2 aromatic heterocycles. The summed E-state index contributed by atoms with van der Waals surface area (Å²) < 4.78 is 20.3. The Morgan fingerprint density at radius 3 is 1.81 bits per heavy atom. The third-order valence-corrected chi connectivity index (χ3v) is 12.1. The molecule has 3 aromatic carbocycles. The van der Waals surface area contributed by atoms with Crippen LogP contribution < -0.4 is 10.6 Å². The summed E-state index contributed by atoms with van der Waals surface area (Å²) in [5.74, 6) is 0.706. The smallest absolute Gasteiger partial charge is 0.407 e. The molecule has 336 valence electrons. The molecule has 63 heavy (non-hydrogen) atoms. The van der Waals surface area contributed by atoms with Crippen molar-refractivity contribution in [2.75, 3.05) is 53.7 Å². The highest BCUT2D eigenvalue weighted by Gasteiger charge is 2.39. The SMILES string of the molecule is COCCOC(=O)N[C@H](C(=O)N1CCC[C@H]1c1ncc(-c2ccc(-c3ccc4c(c3)c(Cl)cc3[nH]c([C@@H]5CCCN5C(=O)[C@@H](NC(=O)OCCOC)C(C)C)nc34)cc2)[nH]1)C(C)C. The summed E-state index contributed by atoms with van der Waals surface area (Å²) in [5.41, 5.74) is 5.28. The van der Waals surface area contributed by atoms with Crippen LogP contribution in [0.2, 0.25) is 5.02 Å². The van der Waals surface area contributed by atoms with E-state index in [1.54, 1.807) is 16.0 Å². The Bertz CT molecular complexity index is 2420. The maximum Gasteiger partial charge on any atom is 0.407 e. The number of carbonyl (C=O) groups excluding carboxylic acids is 4. The molecular weight excluding hydrogens is 828 g/mol. The molecule has 2 fully saturated rings. The monoisotopic (exact) mass is 884 g/mol. The van der Waals surface area contributed by atoms with E-state index in [2.05, 4.69) is 44.9 Å². The lowest BCUT2D eigenvalue weighted by atomic mass is 9.99. The number of rotatable bonds is 16. The van der Waals surface area contributed by atoms with Crippen molar-refractivity contribution in [2.24, 2.45) is 11.8 Å². The number of hydrogen-bond acceptors (Lipinski definition) is 10. The first-order valence-corrected chi connectivity index (χ1v) is 22.0. The highest BCUT2D eigenvalue weighted by molar-refractivity contribution is 6.37. The summed E-state index contributed by atoms with van der Waals surface area (Å²) in [6.07, 6.45) is 3.58. The van der Waals surface area contributed by atoms with Crippen molar-refractivity contribution in [3.8, 4) is 22.4 Å². The van der Waals surface area contributed by atoms with Crippen LogP contribution in [0.25, 0.3) is 44.2 Å². The molecule has 7 rings (SSSR count). The van der Waals surface area contributed by atoms with E-state index >= 15 is 0 Å². The molecule has 0 saturated carbocycles. The summed E-state index contributed by atoms with van der Waals surface area (Å²) in [5, 5.41) is 7.82. The van der Waals surface area contributed by atoms with Crippen molar-refractivity contribution in [3.63, 3.8) is 0 Å². The number of likely N-dealkylation sites (tertiary alicyclic amines) is 2. The number of aromatic nitrogens is 4. The molecule has 5 aromatic rings. The van der Waals surface area contributed by atoms with E-state index in [9.17, 15) is 19.2 Å². The minimum absolute atomic E-state index is 0.0920. The number of halogens is 1. The lowest BCUT2D eigenvalue weighted by Crippen LogP contribution is -2.51. The number of H-pyrrole nitrogens is 2. The van der Waals surface area contributed by atoms with Gasteiger partial charge in [0.15, 0.2) is 0 Å². The second-order valence-corrected chi connectivity index (χ2v) is 17.2. The van der Waals surface area contributed by atoms with E-state index in [4.69, 9.17) is 40.5 Å². The molecule has 4 amide bonds. The van der Waals surface area contributed by atoms with Crippen molar-refractivity contribution in [1.29, 1.82) is 0 Å². The number of methoxy groups -OCH3 is 2. The van der Waals surface area contributed by atoms with Gasteiger partial charge >= 0.3 is 12.2 Å². The van der Waals surface area contributed by atoms with E-state index in [0.29, 0.717) is 29.8 Å². The summed E-state index contributed by atoms with van der Waals surface area (Å²) in [4.78, 5) is 72.9. The minimum Gasteiger partial charge on any atom is -0.447 e. The van der Waals surface area contributed by atoms with Crippen LogP contribution in [-0.2, 0) is 28.5 Å². The zero-order valence-electron chi connectivity index (χ0n) is 36.7. The largest absolute Gasteiger partial charge is 0.447 e. The quantitative estimate of drug-likeness (QED) is 0.0720. The number of alkyl carbamates (subject to hydrolysis) is 2. The Kier molecular flexibility index (Phi) is 14.5. The Labute approximate surface area is 371 Å². The molecule has 4 heterocycles. The highest BCUT2D eigenvalue weighted by Crippen LogP contribution is 2.38. The first-order chi connectivity index (χ1) is 30.4. The number of imidazole rings is 2.